The predicted octanol–water partition coefficient (Wildman–Crippen LogP) is 15.4. The molecule has 7 atom stereocenters. The molecule has 6 aliphatic heterocycles. The molecule has 6 aliphatic rings. The first-order valence-corrected chi connectivity index (χ1v) is 40.6. The van der Waals surface area contributed by atoms with Crippen LogP contribution in [0.3, 0.4) is 0 Å². The Morgan fingerprint density at radius 2 is 0.793 bits per heavy atom. The first-order valence-electron chi connectivity index (χ1n) is 40.6. The van der Waals surface area contributed by atoms with Crippen molar-refractivity contribution in [3.8, 4) is 67.3 Å². The Balaban J connectivity index is 0.546. The number of alkyl halides is 4. The van der Waals surface area contributed by atoms with Gasteiger partial charge in [0.05, 0.1) is 106 Å². The molecule has 28 nitrogen and oxygen atoms in total. The average molecular weight is 1650 g/mol. The highest BCUT2D eigenvalue weighted by molar-refractivity contribution is 5.94. The zero-order chi connectivity index (χ0) is 83.8. The maximum Gasteiger partial charge on any atom is 0.444 e. The minimum absolute atomic E-state index is 0.00352. The van der Waals surface area contributed by atoms with Crippen molar-refractivity contribution in [3.63, 3.8) is 0 Å². The molecule has 121 heavy (non-hydrogen) atoms. The van der Waals surface area contributed by atoms with Crippen LogP contribution in [-0.2, 0) is 42.9 Å². The molecule has 0 saturated carbocycles. The smallest absolute Gasteiger partial charge is 0.444 e. The minimum Gasteiger partial charge on any atom is -0.453 e. The van der Waals surface area contributed by atoms with E-state index < -0.39 is 98.3 Å². The molecule has 0 aliphatic carbocycles. The number of imidazole rings is 4. The summed E-state index contributed by atoms with van der Waals surface area (Å²) in [7, 11) is 3.51. The number of nitrogens with one attached hydrogen (secondary N) is 6. The third kappa shape index (κ3) is 16.8. The Labute approximate surface area is 691 Å². The molecule has 6 saturated heterocycles. The van der Waals surface area contributed by atoms with Crippen LogP contribution >= 0.6 is 0 Å². The van der Waals surface area contributed by atoms with Crippen molar-refractivity contribution in [1.82, 2.24) is 75.2 Å². The van der Waals surface area contributed by atoms with Crippen molar-refractivity contribution in [2.45, 2.75) is 118 Å². The normalized spacial score (nSPS) is 20.0. The number of methoxy groups -OCH3 is 3. The maximum absolute atomic E-state index is 16.0. The van der Waals surface area contributed by atoms with E-state index in [4.69, 9.17) is 38.5 Å². The van der Waals surface area contributed by atoms with Crippen LogP contribution in [0.5, 0.6) is 0 Å². The number of amides is 7. The summed E-state index contributed by atoms with van der Waals surface area (Å²) < 4.78 is 89.8. The number of hydroxylamine groups is 2. The second-order valence-electron chi connectivity index (χ2n) is 31.7. The van der Waals surface area contributed by atoms with E-state index in [1.165, 1.54) is 50.9 Å². The number of alkyl carbamates (subject to hydrolysis) is 2. The summed E-state index contributed by atoms with van der Waals surface area (Å²) >= 11 is 0. The minimum atomic E-state index is -3.49. The van der Waals surface area contributed by atoms with Crippen molar-refractivity contribution in [1.29, 1.82) is 0 Å². The van der Waals surface area contributed by atoms with Crippen LogP contribution in [0.1, 0.15) is 123 Å². The molecular weight excluding hydrogens is 1560 g/mol. The highest BCUT2D eigenvalue weighted by Crippen LogP contribution is 2.46. The first kappa shape index (κ1) is 80.4. The molecule has 7 unspecified atom stereocenters. The van der Waals surface area contributed by atoms with Gasteiger partial charge in [-0.05, 0) is 148 Å². The summed E-state index contributed by atoms with van der Waals surface area (Å²) in [6, 6.07) is 39.9. The number of nitrogens with zero attached hydrogens (tertiary/aromatic N) is 9. The second kappa shape index (κ2) is 34.0. The van der Waals surface area contributed by atoms with Gasteiger partial charge in [0.25, 0.3) is 17.8 Å². The third-order valence-corrected chi connectivity index (χ3v) is 24.2. The molecular formula is C89H89F4N15O13. The molecule has 0 bridgehead atoms. The van der Waals surface area contributed by atoms with Crippen LogP contribution in [-0.4, -0.2) is 204 Å². The van der Waals surface area contributed by atoms with Gasteiger partial charge >= 0.3 is 24.4 Å². The van der Waals surface area contributed by atoms with Gasteiger partial charge in [0.1, 0.15) is 35.4 Å². The molecule has 32 heteroatoms. The zero-order valence-corrected chi connectivity index (χ0v) is 66.5. The van der Waals surface area contributed by atoms with Gasteiger partial charge in [0.2, 0.25) is 11.8 Å². The first-order chi connectivity index (χ1) is 58.6. The zero-order valence-electron chi connectivity index (χ0n) is 66.5. The summed E-state index contributed by atoms with van der Waals surface area (Å²) in [5.74, 6) is -7.36. The molecule has 4 aromatic heterocycles. The van der Waals surface area contributed by atoms with Gasteiger partial charge in [0, 0.05) is 63.5 Å². The van der Waals surface area contributed by atoms with Crippen molar-refractivity contribution < 1.29 is 79.6 Å². The number of halogens is 4. The Morgan fingerprint density at radius 1 is 0.430 bits per heavy atom. The monoisotopic (exact) mass is 1650 g/mol. The molecule has 10 heterocycles. The van der Waals surface area contributed by atoms with E-state index in [0.29, 0.717) is 117 Å². The third-order valence-electron chi connectivity index (χ3n) is 24.2. The van der Waals surface area contributed by atoms with Crippen LogP contribution in [0.2, 0.25) is 0 Å². The molecule has 6 fully saturated rings. The van der Waals surface area contributed by atoms with Gasteiger partial charge in [-0.15, -0.1) is 5.06 Å². The largest absolute Gasteiger partial charge is 0.453 e. The molecule has 626 valence electrons. The number of likely N-dealkylation sites (tertiary alicyclic amines) is 4. The number of rotatable bonds is 19. The van der Waals surface area contributed by atoms with Crippen molar-refractivity contribution in [3.05, 3.63) is 205 Å². The summed E-state index contributed by atoms with van der Waals surface area (Å²) in [6.07, 6.45) is 5.95. The molecule has 11 aromatic rings. The van der Waals surface area contributed by atoms with Crippen molar-refractivity contribution in [2.24, 2.45) is 11.8 Å². The highest BCUT2D eigenvalue weighted by Gasteiger charge is 2.55. The molecule has 0 spiro atoms. The van der Waals surface area contributed by atoms with Gasteiger partial charge in [0.15, 0.2) is 6.04 Å². The number of ether oxygens (including phenoxy) is 5. The van der Waals surface area contributed by atoms with E-state index in [2.05, 4.69) is 64.8 Å². The van der Waals surface area contributed by atoms with Crippen molar-refractivity contribution >= 4 is 63.6 Å². The number of aromatic nitrogens is 8. The van der Waals surface area contributed by atoms with E-state index in [1.807, 2.05) is 97.1 Å². The topological polar surface area (TPSA) is 330 Å². The number of carbonyl (C=O) groups excluding carboxylic acids is 7. The lowest BCUT2D eigenvalue weighted by Crippen LogP contribution is -2.53. The number of aromatic amines is 4. The standard InChI is InChI=1S/C89H89F4N15O13/c1-116-84(112)102-74(55-29-35-119-36-30-55)81(109)104-33-7-11-70(104)77-94-47-68(100-77)64-27-25-60-39-58(21-23-62(60)41-64)51-13-17-53(18-14-51)66-45-96-79(98-66)72-43-88(90,91)49-106(72)83(111)76(57-9-5-4-6-10-57)108(87(115)118-3)121-86(114)107-50-89(92,93)44-73(107)80-97-46-67(99-80)54-19-15-52(16-20-54)59-22-24-63-42-65(28-26-61(63)40-59)69-48-95-78(101-69)71-12-8-34-105(71)82(110)75(103-85(113)117-2)56-31-37-120-38-32-56/h4-6,9-10,13-28,39-42,45-48,55-56,70-76H,7-8,11-12,29-38,43-44,49-50H2,1-3H3,(H,94,100)(H,95,101)(H,96,98)(H,97,99)(H,102,112)(H,103,113). The van der Waals surface area contributed by atoms with Gasteiger partial charge in [-0.2, -0.15) is 0 Å². The Hall–Kier alpha value is -13.0. The van der Waals surface area contributed by atoms with E-state index in [0.717, 1.165) is 91.2 Å². The van der Waals surface area contributed by atoms with Crippen LogP contribution in [0, 0.1) is 11.8 Å². The number of carbonyl (C=O) groups is 7. The summed E-state index contributed by atoms with van der Waals surface area (Å²) in [6.45, 7) is 0.758. The van der Waals surface area contributed by atoms with Gasteiger partial charge < -0.3 is 73.8 Å². The number of hydrogen-bond donors (Lipinski definition) is 6. The van der Waals surface area contributed by atoms with E-state index >= 15 is 22.4 Å². The Kier molecular flexibility index (Phi) is 22.6. The van der Waals surface area contributed by atoms with Crippen LogP contribution in [0.4, 0.5) is 36.7 Å². The molecule has 17 rings (SSSR count). The fourth-order valence-corrected chi connectivity index (χ4v) is 17.8. The lowest BCUT2D eigenvalue weighted by Gasteiger charge is -2.34. The lowest BCUT2D eigenvalue weighted by molar-refractivity contribution is -0.161. The quantitative estimate of drug-likeness (QED) is 0.0249. The molecule has 7 amide bonds. The fourth-order valence-electron chi connectivity index (χ4n) is 17.8. The number of hydrogen-bond acceptors (Lipinski definition) is 17. The van der Waals surface area contributed by atoms with Gasteiger partial charge in [-0.25, -0.2) is 56.7 Å². The van der Waals surface area contributed by atoms with Crippen LogP contribution in [0.25, 0.3) is 88.8 Å². The predicted molar refractivity (Wildman–Crippen MR) is 435 cm³/mol. The number of fused-ring (bicyclic) bond motifs is 2. The summed E-state index contributed by atoms with van der Waals surface area (Å²) in [5.41, 5.74) is 9.09. The second-order valence-corrected chi connectivity index (χ2v) is 31.7. The van der Waals surface area contributed by atoms with Crippen LogP contribution in [0.15, 0.2) is 176 Å². The average Bonchev–Trinajstić information content (AvgIpc) is 1.63. The number of benzene rings is 7. The van der Waals surface area contributed by atoms with E-state index in [1.54, 1.807) is 28.3 Å². The number of H-pyrrole nitrogens is 4. The lowest BCUT2D eigenvalue weighted by atomic mass is 9.90. The van der Waals surface area contributed by atoms with Gasteiger partial charge in [-0.3, -0.25) is 19.3 Å². The SMILES string of the molecule is COC(=O)NC(C(=O)N1CCCC1c1ncc(-c2ccc3cc(-c4ccc(-c5cnc(C6CC(F)(F)CN6C(=O)ON(C(=O)OC)C(C(=O)N6CC(F)(F)CC6c6ncc(-c7ccc(-c8ccc9cc(-c%10cnc(C%11CCCN%11C(=O)C(NC(=O)OC)C%11CCOCC%11)[nH]%10)ccc9c8)cc7)[nH]6)c6ccccc6)[nH]5)cc4)ccc3c2)[nH]1)C1CCOCC1. The molecule has 0 radical (unpaired) electrons. The summed E-state index contributed by atoms with van der Waals surface area (Å²) in [4.78, 5) is 140. The van der Waals surface area contributed by atoms with Gasteiger partial charge in [-0.1, -0.05) is 127 Å². The van der Waals surface area contributed by atoms with Crippen molar-refractivity contribution in [2.75, 3.05) is 73.9 Å². The fraction of sp³-hybridized carbons (Fsp3) is 0.360. The van der Waals surface area contributed by atoms with E-state index in [9.17, 15) is 28.8 Å². The highest BCUT2D eigenvalue weighted by atomic mass is 19.3. The Morgan fingerprint density at radius 3 is 1.21 bits per heavy atom. The van der Waals surface area contributed by atoms with E-state index in [-0.39, 0.29) is 58.0 Å². The summed E-state index contributed by atoms with van der Waals surface area (Å²) in [5, 5.41) is 9.74. The molecule has 6 N–H and O–H groups in total. The van der Waals surface area contributed by atoms with Crippen LogP contribution < -0.4 is 10.6 Å². The Bertz CT molecular complexity index is 5670. The maximum atomic E-state index is 16.0. The molecule has 7 aromatic carbocycles.